The Morgan fingerprint density at radius 1 is 1.23 bits per heavy atom. The molecule has 31 heavy (non-hydrogen) atoms. The van der Waals surface area contributed by atoms with Crippen molar-refractivity contribution in [2.45, 2.75) is 37.0 Å². The molecule has 3 aromatic rings. The second kappa shape index (κ2) is 9.30. The third-order valence-electron chi connectivity index (χ3n) is 4.89. The number of hydrogen-bond donors (Lipinski definition) is 3. The number of pyridine rings is 1. The lowest BCUT2D eigenvalue weighted by atomic mass is 10.1. The van der Waals surface area contributed by atoms with Crippen LogP contribution in [-0.4, -0.2) is 38.7 Å². The fourth-order valence-electron chi connectivity index (χ4n) is 3.43. The maximum atomic E-state index is 12.5. The van der Waals surface area contributed by atoms with Crippen molar-refractivity contribution in [3.63, 3.8) is 0 Å². The highest BCUT2D eigenvalue weighted by atomic mass is 35.5. The number of hydrogen-bond acceptors (Lipinski definition) is 7. The molecule has 1 aromatic carbocycles. The standard InChI is InChI=1S/C22H25ClN6OS/c1-13(2)31-19-7-5-4-6-17(19)25-20-15(23)11-24-22(28-20)27-18-10-14-12-29(3)9-8-16(14)26-21(18)30/h4-7,10-11,13H,8-9,12H2,1-3H3,(H,26,30)(H2,24,25,27,28). The molecule has 162 valence electrons. The van der Waals surface area contributed by atoms with Crippen LogP contribution in [0.3, 0.4) is 0 Å². The van der Waals surface area contributed by atoms with Crippen LogP contribution in [0.25, 0.3) is 0 Å². The lowest BCUT2D eigenvalue weighted by Gasteiger charge is -2.24. The minimum Gasteiger partial charge on any atom is -0.338 e. The number of aromatic nitrogens is 3. The fraction of sp³-hybridized carbons (Fsp3) is 0.318. The Bertz CT molecular complexity index is 1150. The van der Waals surface area contributed by atoms with Crippen LogP contribution in [0.15, 0.2) is 46.2 Å². The number of benzene rings is 1. The second-order valence-corrected chi connectivity index (χ2v) is 9.83. The molecule has 3 heterocycles. The molecule has 0 aliphatic carbocycles. The Labute approximate surface area is 190 Å². The quantitative estimate of drug-likeness (QED) is 0.459. The van der Waals surface area contributed by atoms with Crippen LogP contribution in [0.4, 0.5) is 23.1 Å². The highest BCUT2D eigenvalue weighted by Gasteiger charge is 2.17. The van der Waals surface area contributed by atoms with Gasteiger partial charge in [0.1, 0.15) is 10.7 Å². The molecule has 0 fully saturated rings. The SMILES string of the molecule is CC(C)Sc1ccccc1Nc1nc(Nc2cc3c([nH]c2=O)CCN(C)C3)ncc1Cl. The number of halogens is 1. The van der Waals surface area contributed by atoms with E-state index in [1.807, 2.05) is 24.3 Å². The van der Waals surface area contributed by atoms with E-state index in [9.17, 15) is 4.79 Å². The summed E-state index contributed by atoms with van der Waals surface area (Å²) in [4.78, 5) is 27.6. The molecular formula is C22H25ClN6OS. The van der Waals surface area contributed by atoms with E-state index >= 15 is 0 Å². The first-order chi connectivity index (χ1) is 14.9. The number of H-pyrrole nitrogens is 1. The van der Waals surface area contributed by atoms with E-state index in [1.54, 1.807) is 11.8 Å². The summed E-state index contributed by atoms with van der Waals surface area (Å²) in [6.07, 6.45) is 2.36. The molecule has 9 heteroatoms. The van der Waals surface area contributed by atoms with Gasteiger partial charge in [-0.2, -0.15) is 4.98 Å². The zero-order valence-electron chi connectivity index (χ0n) is 17.7. The summed E-state index contributed by atoms with van der Waals surface area (Å²) in [5, 5.41) is 7.19. The molecule has 0 saturated carbocycles. The molecule has 0 bridgehead atoms. The Balaban J connectivity index is 1.60. The van der Waals surface area contributed by atoms with Crippen molar-refractivity contribution in [3.05, 3.63) is 63.2 Å². The first-order valence-electron chi connectivity index (χ1n) is 10.1. The lowest BCUT2D eigenvalue weighted by Crippen LogP contribution is -2.29. The molecule has 2 aromatic heterocycles. The number of para-hydroxylation sites is 1. The molecule has 0 radical (unpaired) electrons. The summed E-state index contributed by atoms with van der Waals surface area (Å²) in [5.74, 6) is 0.778. The van der Waals surface area contributed by atoms with E-state index in [2.05, 4.69) is 57.4 Å². The number of nitrogens with one attached hydrogen (secondary N) is 3. The van der Waals surface area contributed by atoms with Crippen LogP contribution in [-0.2, 0) is 13.0 Å². The van der Waals surface area contributed by atoms with Crippen molar-refractivity contribution in [2.75, 3.05) is 24.2 Å². The number of fused-ring (bicyclic) bond motifs is 1. The van der Waals surface area contributed by atoms with Crippen LogP contribution in [0, 0.1) is 0 Å². The highest BCUT2D eigenvalue weighted by Crippen LogP contribution is 2.33. The van der Waals surface area contributed by atoms with E-state index in [0.717, 1.165) is 41.4 Å². The van der Waals surface area contributed by atoms with E-state index in [1.165, 1.54) is 6.20 Å². The zero-order valence-corrected chi connectivity index (χ0v) is 19.3. The minimum atomic E-state index is -0.185. The van der Waals surface area contributed by atoms with Crippen LogP contribution in [0.1, 0.15) is 25.1 Å². The molecule has 7 nitrogen and oxygen atoms in total. The Morgan fingerprint density at radius 2 is 2.03 bits per heavy atom. The van der Waals surface area contributed by atoms with Crippen molar-refractivity contribution in [3.8, 4) is 0 Å². The van der Waals surface area contributed by atoms with Gasteiger partial charge in [-0.1, -0.05) is 37.6 Å². The number of aromatic amines is 1. The normalized spacial score (nSPS) is 13.8. The predicted octanol–water partition coefficient (Wildman–Crippen LogP) is 4.79. The molecule has 3 N–H and O–H groups in total. The maximum Gasteiger partial charge on any atom is 0.271 e. The van der Waals surface area contributed by atoms with Crippen molar-refractivity contribution in [1.29, 1.82) is 0 Å². The van der Waals surface area contributed by atoms with E-state index in [4.69, 9.17) is 11.6 Å². The first-order valence-corrected chi connectivity index (χ1v) is 11.4. The number of rotatable bonds is 6. The summed E-state index contributed by atoms with van der Waals surface area (Å²) in [5.41, 5.74) is 3.24. The smallest absolute Gasteiger partial charge is 0.271 e. The van der Waals surface area contributed by atoms with Gasteiger partial charge >= 0.3 is 0 Å². The Hall–Kier alpha value is -2.55. The molecule has 1 aliphatic rings. The van der Waals surface area contributed by atoms with Gasteiger partial charge in [0.25, 0.3) is 5.56 Å². The molecule has 1 aliphatic heterocycles. The molecule has 4 rings (SSSR count). The molecular weight excluding hydrogens is 432 g/mol. The summed E-state index contributed by atoms with van der Waals surface area (Å²) in [6, 6.07) is 9.89. The monoisotopic (exact) mass is 456 g/mol. The summed E-state index contributed by atoms with van der Waals surface area (Å²) < 4.78 is 0. The molecule has 0 amide bonds. The van der Waals surface area contributed by atoms with Crippen molar-refractivity contribution in [1.82, 2.24) is 19.9 Å². The van der Waals surface area contributed by atoms with E-state index < -0.39 is 0 Å². The first kappa shape index (κ1) is 21.7. The third-order valence-corrected chi connectivity index (χ3v) is 6.25. The largest absolute Gasteiger partial charge is 0.338 e. The van der Waals surface area contributed by atoms with Gasteiger partial charge in [-0.3, -0.25) is 4.79 Å². The lowest BCUT2D eigenvalue weighted by molar-refractivity contribution is 0.310. The number of likely N-dealkylation sites (N-methyl/N-ethyl adjacent to an activating group) is 1. The van der Waals surface area contributed by atoms with Gasteiger partial charge in [0.05, 0.1) is 11.9 Å². The number of nitrogens with zero attached hydrogens (tertiary/aromatic N) is 3. The molecule has 0 saturated heterocycles. The summed E-state index contributed by atoms with van der Waals surface area (Å²) in [7, 11) is 2.07. The number of thioether (sulfide) groups is 1. The Kier molecular flexibility index (Phi) is 6.50. The van der Waals surface area contributed by atoms with Crippen LogP contribution in [0.5, 0.6) is 0 Å². The van der Waals surface area contributed by atoms with Gasteiger partial charge in [-0.05, 0) is 30.8 Å². The second-order valence-electron chi connectivity index (χ2n) is 7.81. The van der Waals surface area contributed by atoms with Gasteiger partial charge in [0, 0.05) is 35.3 Å². The summed E-state index contributed by atoms with van der Waals surface area (Å²) in [6.45, 7) is 6.02. The van der Waals surface area contributed by atoms with E-state index in [-0.39, 0.29) is 5.56 Å². The third kappa shape index (κ3) is 5.20. The molecule has 0 unspecified atom stereocenters. The van der Waals surface area contributed by atoms with Crippen LogP contribution < -0.4 is 16.2 Å². The fourth-order valence-corrected chi connectivity index (χ4v) is 4.48. The van der Waals surface area contributed by atoms with Gasteiger partial charge in [-0.25, -0.2) is 4.98 Å². The van der Waals surface area contributed by atoms with Gasteiger partial charge in [-0.15, -0.1) is 11.8 Å². The van der Waals surface area contributed by atoms with Crippen molar-refractivity contribution >= 4 is 46.5 Å². The van der Waals surface area contributed by atoms with Crippen LogP contribution in [0.2, 0.25) is 5.02 Å². The van der Waals surface area contributed by atoms with Crippen LogP contribution >= 0.6 is 23.4 Å². The highest BCUT2D eigenvalue weighted by molar-refractivity contribution is 8.00. The average molecular weight is 457 g/mol. The molecule has 0 atom stereocenters. The van der Waals surface area contributed by atoms with Gasteiger partial charge in [0.15, 0.2) is 5.82 Å². The van der Waals surface area contributed by atoms with Crippen molar-refractivity contribution in [2.24, 2.45) is 0 Å². The Morgan fingerprint density at radius 3 is 2.84 bits per heavy atom. The zero-order chi connectivity index (χ0) is 22.0. The van der Waals surface area contributed by atoms with E-state index in [0.29, 0.717) is 27.7 Å². The van der Waals surface area contributed by atoms with Gasteiger partial charge in [0.2, 0.25) is 5.95 Å². The number of anilines is 4. The molecule has 0 spiro atoms. The minimum absolute atomic E-state index is 0.185. The predicted molar refractivity (Wildman–Crippen MR) is 128 cm³/mol. The van der Waals surface area contributed by atoms with Crippen molar-refractivity contribution < 1.29 is 0 Å². The van der Waals surface area contributed by atoms with Gasteiger partial charge < -0.3 is 20.5 Å². The summed E-state index contributed by atoms with van der Waals surface area (Å²) >= 11 is 8.11. The maximum absolute atomic E-state index is 12.5. The average Bonchev–Trinajstić information content (AvgIpc) is 2.72. The topological polar surface area (TPSA) is 85.9 Å².